The van der Waals surface area contributed by atoms with Crippen LogP contribution in [0.5, 0.6) is 0 Å². The number of methoxy groups -OCH3 is 1. The summed E-state index contributed by atoms with van der Waals surface area (Å²) in [6.07, 6.45) is 0. The smallest absolute Gasteiger partial charge is 0.162 e. The summed E-state index contributed by atoms with van der Waals surface area (Å²) in [5, 5.41) is 3.92. The number of aromatic nitrogens is 1. The fraction of sp³-hybridized carbons (Fsp3) is 0.667. The number of nitrogens with two attached hydrogens (primary N) is 1. The number of rotatable bonds is 6. The molecule has 1 unspecified atom stereocenters. The fourth-order valence-corrected chi connectivity index (χ4v) is 1.82. The number of hydrogen-bond donors (Lipinski definition) is 1. The lowest BCUT2D eigenvalue weighted by molar-refractivity contribution is 0.156. The molecule has 80 valence electrons. The molecule has 0 saturated heterocycles. The molecule has 0 fully saturated rings. The minimum absolute atomic E-state index is 0.227. The van der Waals surface area contributed by atoms with Crippen LogP contribution in [0.1, 0.15) is 18.4 Å². The van der Waals surface area contributed by atoms with E-state index in [-0.39, 0.29) is 6.04 Å². The Morgan fingerprint density at radius 3 is 3.14 bits per heavy atom. The van der Waals surface area contributed by atoms with Crippen LogP contribution in [0.25, 0.3) is 0 Å². The Morgan fingerprint density at radius 1 is 1.71 bits per heavy atom. The Balaban J connectivity index is 2.28. The van der Waals surface area contributed by atoms with Gasteiger partial charge in [0.1, 0.15) is 6.61 Å². The molecule has 14 heavy (non-hydrogen) atoms. The van der Waals surface area contributed by atoms with Crippen LogP contribution in [0.2, 0.25) is 0 Å². The third-order valence-electron chi connectivity index (χ3n) is 1.53. The quantitative estimate of drug-likeness (QED) is 0.779. The van der Waals surface area contributed by atoms with Crippen molar-refractivity contribution in [3.63, 3.8) is 0 Å². The van der Waals surface area contributed by atoms with E-state index in [0.29, 0.717) is 6.61 Å². The zero-order valence-corrected chi connectivity index (χ0v) is 9.34. The van der Waals surface area contributed by atoms with Gasteiger partial charge in [0.15, 0.2) is 5.76 Å². The predicted octanol–water partition coefficient (Wildman–Crippen LogP) is 1.40. The van der Waals surface area contributed by atoms with Gasteiger partial charge in [0.05, 0.1) is 5.69 Å². The monoisotopic (exact) mass is 216 g/mol. The molecule has 0 aromatic carbocycles. The molecular weight excluding hydrogens is 200 g/mol. The van der Waals surface area contributed by atoms with Gasteiger partial charge in [-0.2, -0.15) is 11.8 Å². The van der Waals surface area contributed by atoms with Crippen molar-refractivity contribution in [2.24, 2.45) is 5.73 Å². The third kappa shape index (κ3) is 4.13. The van der Waals surface area contributed by atoms with E-state index in [1.165, 1.54) is 0 Å². The molecule has 0 aliphatic rings. The van der Waals surface area contributed by atoms with Crippen molar-refractivity contribution in [3.8, 4) is 0 Å². The zero-order valence-electron chi connectivity index (χ0n) is 8.53. The molecule has 1 aromatic heterocycles. The van der Waals surface area contributed by atoms with Gasteiger partial charge in [-0.1, -0.05) is 5.16 Å². The van der Waals surface area contributed by atoms with Crippen LogP contribution in [-0.4, -0.2) is 24.1 Å². The van der Waals surface area contributed by atoms with Crippen LogP contribution >= 0.6 is 11.8 Å². The molecule has 0 aliphatic heterocycles. The lowest BCUT2D eigenvalue weighted by Crippen LogP contribution is -2.17. The summed E-state index contributed by atoms with van der Waals surface area (Å²) in [4.78, 5) is 0. The van der Waals surface area contributed by atoms with Gasteiger partial charge in [-0.05, 0) is 6.92 Å². The zero-order chi connectivity index (χ0) is 10.4. The standard InChI is InChI=1S/C9H16N2O2S/c1-7(10)5-14-6-8-3-9(4-12-2)13-11-8/h3,7H,4-6,10H2,1-2H3. The number of hydrogen-bond acceptors (Lipinski definition) is 5. The Kier molecular flexibility index (Phi) is 5.00. The lowest BCUT2D eigenvalue weighted by atomic mass is 10.4. The summed E-state index contributed by atoms with van der Waals surface area (Å²) in [5.74, 6) is 2.55. The Hall–Kier alpha value is -0.520. The molecular formula is C9H16N2O2S. The minimum atomic E-state index is 0.227. The van der Waals surface area contributed by atoms with Crippen molar-refractivity contribution >= 4 is 11.8 Å². The van der Waals surface area contributed by atoms with Gasteiger partial charge in [0, 0.05) is 30.7 Å². The van der Waals surface area contributed by atoms with Gasteiger partial charge in [-0.3, -0.25) is 0 Å². The number of thioether (sulfide) groups is 1. The summed E-state index contributed by atoms with van der Waals surface area (Å²) in [7, 11) is 1.63. The summed E-state index contributed by atoms with van der Waals surface area (Å²) in [6, 6.07) is 2.14. The maximum absolute atomic E-state index is 5.62. The van der Waals surface area contributed by atoms with Crippen LogP contribution < -0.4 is 5.73 Å². The predicted molar refractivity (Wildman–Crippen MR) is 57.0 cm³/mol. The average Bonchev–Trinajstić information content (AvgIpc) is 2.53. The Bertz CT molecular complexity index is 263. The second kappa shape index (κ2) is 6.06. The Labute approximate surface area is 88.2 Å². The van der Waals surface area contributed by atoms with Gasteiger partial charge >= 0.3 is 0 Å². The number of nitrogens with zero attached hydrogens (tertiary/aromatic N) is 1. The van der Waals surface area contributed by atoms with Crippen molar-refractivity contribution in [1.29, 1.82) is 0 Å². The minimum Gasteiger partial charge on any atom is -0.377 e. The molecule has 1 aromatic rings. The third-order valence-corrected chi connectivity index (χ3v) is 2.79. The van der Waals surface area contributed by atoms with Crippen molar-refractivity contribution in [1.82, 2.24) is 5.16 Å². The highest BCUT2D eigenvalue weighted by atomic mass is 32.2. The molecule has 0 amide bonds. The second-order valence-electron chi connectivity index (χ2n) is 3.21. The summed E-state index contributed by atoms with van der Waals surface area (Å²) >= 11 is 1.76. The molecule has 4 nitrogen and oxygen atoms in total. The van der Waals surface area contributed by atoms with E-state index >= 15 is 0 Å². The first-order chi connectivity index (χ1) is 6.72. The highest BCUT2D eigenvalue weighted by Crippen LogP contribution is 2.13. The van der Waals surface area contributed by atoms with E-state index in [9.17, 15) is 0 Å². The average molecular weight is 216 g/mol. The number of ether oxygens (including phenoxy) is 1. The van der Waals surface area contributed by atoms with E-state index in [1.54, 1.807) is 18.9 Å². The molecule has 1 atom stereocenters. The summed E-state index contributed by atoms with van der Waals surface area (Å²) in [6.45, 7) is 2.47. The largest absolute Gasteiger partial charge is 0.377 e. The van der Waals surface area contributed by atoms with Gasteiger partial charge in [0.2, 0.25) is 0 Å². The molecule has 1 heterocycles. The van der Waals surface area contributed by atoms with E-state index in [4.69, 9.17) is 15.0 Å². The normalized spacial score (nSPS) is 13.1. The van der Waals surface area contributed by atoms with Crippen molar-refractivity contribution in [2.45, 2.75) is 25.3 Å². The maximum Gasteiger partial charge on any atom is 0.162 e. The van der Waals surface area contributed by atoms with Crippen LogP contribution in [0.4, 0.5) is 0 Å². The van der Waals surface area contributed by atoms with E-state index < -0.39 is 0 Å². The van der Waals surface area contributed by atoms with Crippen LogP contribution in [0, 0.1) is 0 Å². The van der Waals surface area contributed by atoms with Crippen LogP contribution in [0.3, 0.4) is 0 Å². The molecule has 1 rings (SSSR count). The second-order valence-corrected chi connectivity index (χ2v) is 4.24. The first kappa shape index (κ1) is 11.6. The molecule has 0 aliphatic carbocycles. The van der Waals surface area contributed by atoms with Gasteiger partial charge in [-0.15, -0.1) is 0 Å². The first-order valence-electron chi connectivity index (χ1n) is 4.49. The van der Waals surface area contributed by atoms with Gasteiger partial charge in [-0.25, -0.2) is 0 Å². The highest BCUT2D eigenvalue weighted by molar-refractivity contribution is 7.98. The topological polar surface area (TPSA) is 61.3 Å². The van der Waals surface area contributed by atoms with Crippen LogP contribution in [-0.2, 0) is 17.1 Å². The van der Waals surface area contributed by atoms with Crippen LogP contribution in [0.15, 0.2) is 10.6 Å². The van der Waals surface area contributed by atoms with E-state index in [1.807, 2.05) is 13.0 Å². The maximum atomic E-state index is 5.62. The molecule has 0 saturated carbocycles. The fourth-order valence-electron chi connectivity index (χ4n) is 0.983. The molecule has 2 N–H and O–H groups in total. The van der Waals surface area contributed by atoms with E-state index in [2.05, 4.69) is 5.16 Å². The van der Waals surface area contributed by atoms with Gasteiger partial charge in [0.25, 0.3) is 0 Å². The highest BCUT2D eigenvalue weighted by Gasteiger charge is 2.04. The van der Waals surface area contributed by atoms with Crippen molar-refractivity contribution < 1.29 is 9.26 Å². The molecule has 0 bridgehead atoms. The Morgan fingerprint density at radius 2 is 2.50 bits per heavy atom. The molecule has 5 heteroatoms. The van der Waals surface area contributed by atoms with Gasteiger partial charge < -0.3 is 15.0 Å². The van der Waals surface area contributed by atoms with E-state index in [0.717, 1.165) is 23.0 Å². The first-order valence-corrected chi connectivity index (χ1v) is 5.64. The van der Waals surface area contributed by atoms with Crippen molar-refractivity contribution in [3.05, 3.63) is 17.5 Å². The lowest BCUT2D eigenvalue weighted by Gasteiger charge is -2.01. The molecule has 0 radical (unpaired) electrons. The molecule has 0 spiro atoms. The summed E-state index contributed by atoms with van der Waals surface area (Å²) in [5.41, 5.74) is 6.57. The SMILES string of the molecule is COCc1cc(CSCC(C)N)no1. The van der Waals surface area contributed by atoms with Crippen molar-refractivity contribution in [2.75, 3.05) is 12.9 Å². The summed E-state index contributed by atoms with van der Waals surface area (Å²) < 4.78 is 9.97.